The van der Waals surface area contributed by atoms with Crippen molar-refractivity contribution in [1.82, 2.24) is 4.90 Å². The first-order valence-corrected chi connectivity index (χ1v) is 6.19. The second-order valence-corrected chi connectivity index (χ2v) is 5.28. The topological polar surface area (TPSA) is 29.3 Å². The molecule has 1 saturated carbocycles. The van der Waals surface area contributed by atoms with Gasteiger partial charge in [0.05, 0.1) is 0 Å². The molecule has 2 aliphatic rings. The minimum Gasteiger partial charge on any atom is -0.326 e. The zero-order valence-electron chi connectivity index (χ0n) is 9.63. The van der Waals surface area contributed by atoms with E-state index in [9.17, 15) is 0 Å². The Morgan fingerprint density at radius 2 is 2.21 bits per heavy atom. The molecule has 0 amide bonds. The number of likely N-dealkylation sites (N-methyl/N-ethyl adjacent to an activating group) is 1. The first-order chi connectivity index (χ1) is 6.69. The quantitative estimate of drug-likeness (QED) is 0.695. The number of nitrogens with zero attached hydrogens (tertiary/aromatic N) is 1. The van der Waals surface area contributed by atoms with E-state index >= 15 is 0 Å². The van der Waals surface area contributed by atoms with Crippen LogP contribution in [0.15, 0.2) is 0 Å². The molecule has 2 rings (SSSR count). The molecule has 1 aliphatic carbocycles. The lowest BCUT2D eigenvalue weighted by atomic mass is 9.73. The van der Waals surface area contributed by atoms with E-state index in [0.29, 0.717) is 11.6 Å². The molecule has 0 aromatic heterocycles. The zero-order chi connectivity index (χ0) is 10.2. The van der Waals surface area contributed by atoms with Crippen LogP contribution in [0.5, 0.6) is 0 Å². The van der Waals surface area contributed by atoms with Gasteiger partial charge in [-0.2, -0.15) is 0 Å². The van der Waals surface area contributed by atoms with E-state index < -0.39 is 0 Å². The first kappa shape index (κ1) is 10.4. The lowest BCUT2D eigenvalue weighted by Gasteiger charge is -2.46. The Morgan fingerprint density at radius 3 is 2.86 bits per heavy atom. The Balaban J connectivity index is 2.17. The predicted octanol–water partition coefficient (Wildman–Crippen LogP) is 1.99. The summed E-state index contributed by atoms with van der Waals surface area (Å²) in [5, 5.41) is 0. The molecule has 82 valence electrons. The Hall–Kier alpha value is -0.0800. The van der Waals surface area contributed by atoms with E-state index in [1.54, 1.807) is 0 Å². The van der Waals surface area contributed by atoms with Gasteiger partial charge in [-0.25, -0.2) is 0 Å². The fourth-order valence-corrected chi connectivity index (χ4v) is 3.68. The molecule has 2 heteroatoms. The summed E-state index contributed by atoms with van der Waals surface area (Å²) in [4.78, 5) is 2.65. The highest BCUT2D eigenvalue weighted by molar-refractivity contribution is 5.06. The Bertz CT molecular complexity index is 204. The van der Waals surface area contributed by atoms with E-state index in [1.807, 2.05) is 0 Å². The molecule has 1 aliphatic heterocycles. The van der Waals surface area contributed by atoms with Crippen molar-refractivity contribution in [3.63, 3.8) is 0 Å². The summed E-state index contributed by atoms with van der Waals surface area (Å²) in [5.41, 5.74) is 6.71. The number of hydrogen-bond donors (Lipinski definition) is 1. The Kier molecular flexibility index (Phi) is 2.85. The number of nitrogens with two attached hydrogens (primary N) is 1. The molecule has 1 saturated heterocycles. The van der Waals surface area contributed by atoms with Gasteiger partial charge >= 0.3 is 0 Å². The highest BCUT2D eigenvalue weighted by Crippen LogP contribution is 2.42. The molecule has 2 N–H and O–H groups in total. The predicted molar refractivity (Wildman–Crippen MR) is 60.2 cm³/mol. The van der Waals surface area contributed by atoms with Crippen LogP contribution in [-0.4, -0.2) is 29.6 Å². The molecule has 1 spiro atoms. The average Bonchev–Trinajstić information content (AvgIpc) is 2.44. The average molecular weight is 196 g/mol. The van der Waals surface area contributed by atoms with Gasteiger partial charge in [-0.05, 0) is 31.7 Å². The smallest absolute Gasteiger partial charge is 0.0363 e. The number of rotatable bonds is 1. The van der Waals surface area contributed by atoms with E-state index in [4.69, 9.17) is 5.73 Å². The van der Waals surface area contributed by atoms with Gasteiger partial charge < -0.3 is 5.73 Å². The van der Waals surface area contributed by atoms with Crippen LogP contribution in [-0.2, 0) is 0 Å². The maximum atomic E-state index is 6.33. The van der Waals surface area contributed by atoms with E-state index in [2.05, 4.69) is 18.7 Å². The third kappa shape index (κ3) is 1.49. The zero-order valence-corrected chi connectivity index (χ0v) is 9.63. The molecule has 0 bridgehead atoms. The highest BCUT2D eigenvalue weighted by Gasteiger charge is 2.47. The SMILES string of the molecule is CCN1CCC(N)C12CCCC(C)C2. The first-order valence-electron chi connectivity index (χ1n) is 6.19. The van der Waals surface area contributed by atoms with Gasteiger partial charge in [0, 0.05) is 18.1 Å². The van der Waals surface area contributed by atoms with Crippen LogP contribution in [0, 0.1) is 5.92 Å². The van der Waals surface area contributed by atoms with Crippen molar-refractivity contribution in [3.05, 3.63) is 0 Å². The highest BCUT2D eigenvalue weighted by atomic mass is 15.2. The van der Waals surface area contributed by atoms with Crippen LogP contribution in [0.2, 0.25) is 0 Å². The van der Waals surface area contributed by atoms with Gasteiger partial charge in [-0.3, -0.25) is 4.90 Å². The van der Waals surface area contributed by atoms with Crippen molar-refractivity contribution in [1.29, 1.82) is 0 Å². The van der Waals surface area contributed by atoms with Crippen LogP contribution in [0.1, 0.15) is 46.0 Å². The maximum Gasteiger partial charge on any atom is 0.0363 e. The van der Waals surface area contributed by atoms with Gasteiger partial charge in [-0.1, -0.05) is 26.7 Å². The summed E-state index contributed by atoms with van der Waals surface area (Å²) in [7, 11) is 0. The molecule has 2 fully saturated rings. The normalized spacial score (nSPS) is 44.8. The van der Waals surface area contributed by atoms with Crippen LogP contribution < -0.4 is 5.73 Å². The lowest BCUT2D eigenvalue weighted by molar-refractivity contribution is 0.0644. The van der Waals surface area contributed by atoms with Gasteiger partial charge in [0.15, 0.2) is 0 Å². The summed E-state index contributed by atoms with van der Waals surface area (Å²) < 4.78 is 0. The van der Waals surface area contributed by atoms with Crippen molar-refractivity contribution in [2.45, 2.75) is 57.5 Å². The van der Waals surface area contributed by atoms with Crippen molar-refractivity contribution >= 4 is 0 Å². The molecule has 0 aromatic carbocycles. The van der Waals surface area contributed by atoms with Crippen molar-refractivity contribution in [3.8, 4) is 0 Å². The van der Waals surface area contributed by atoms with Crippen LogP contribution in [0.4, 0.5) is 0 Å². The van der Waals surface area contributed by atoms with Crippen molar-refractivity contribution in [2.24, 2.45) is 11.7 Å². The second-order valence-electron chi connectivity index (χ2n) is 5.28. The van der Waals surface area contributed by atoms with E-state index in [0.717, 1.165) is 5.92 Å². The summed E-state index contributed by atoms with van der Waals surface area (Å²) >= 11 is 0. The standard InChI is InChI=1S/C12H24N2/c1-3-14-8-6-11(13)12(14)7-4-5-10(2)9-12/h10-11H,3-9,13H2,1-2H3. The molecule has 2 nitrogen and oxygen atoms in total. The van der Waals surface area contributed by atoms with E-state index in [-0.39, 0.29) is 0 Å². The maximum absolute atomic E-state index is 6.33. The summed E-state index contributed by atoms with van der Waals surface area (Å²) in [6.07, 6.45) is 6.67. The molecule has 3 unspecified atom stereocenters. The fourth-order valence-electron chi connectivity index (χ4n) is 3.68. The summed E-state index contributed by atoms with van der Waals surface area (Å²) in [6.45, 7) is 7.07. The molecule has 14 heavy (non-hydrogen) atoms. The third-order valence-electron chi connectivity index (χ3n) is 4.42. The summed E-state index contributed by atoms with van der Waals surface area (Å²) in [6, 6.07) is 0.435. The molecule has 0 aromatic rings. The van der Waals surface area contributed by atoms with Crippen LogP contribution in [0.25, 0.3) is 0 Å². The fraction of sp³-hybridized carbons (Fsp3) is 1.00. The molecular weight excluding hydrogens is 172 g/mol. The van der Waals surface area contributed by atoms with Crippen molar-refractivity contribution in [2.75, 3.05) is 13.1 Å². The monoisotopic (exact) mass is 196 g/mol. The van der Waals surface area contributed by atoms with Crippen LogP contribution in [0.3, 0.4) is 0 Å². The van der Waals surface area contributed by atoms with E-state index in [1.165, 1.54) is 45.2 Å². The summed E-state index contributed by atoms with van der Waals surface area (Å²) in [5.74, 6) is 0.877. The van der Waals surface area contributed by atoms with Gasteiger partial charge in [0.25, 0.3) is 0 Å². The molecule has 0 radical (unpaired) electrons. The molecule has 1 heterocycles. The van der Waals surface area contributed by atoms with Crippen molar-refractivity contribution < 1.29 is 0 Å². The van der Waals surface area contributed by atoms with Gasteiger partial charge in [0.2, 0.25) is 0 Å². The second kappa shape index (κ2) is 3.82. The molecular formula is C12H24N2. The molecule has 3 atom stereocenters. The number of likely N-dealkylation sites (tertiary alicyclic amines) is 1. The lowest BCUT2D eigenvalue weighted by Crippen LogP contribution is -2.55. The third-order valence-corrected chi connectivity index (χ3v) is 4.42. The van der Waals surface area contributed by atoms with Crippen LogP contribution >= 0.6 is 0 Å². The minimum atomic E-state index is 0.381. The van der Waals surface area contributed by atoms with Gasteiger partial charge in [-0.15, -0.1) is 0 Å². The Morgan fingerprint density at radius 1 is 1.43 bits per heavy atom. The van der Waals surface area contributed by atoms with Gasteiger partial charge in [0.1, 0.15) is 0 Å². The Labute approximate surface area is 87.8 Å². The number of hydrogen-bond acceptors (Lipinski definition) is 2. The minimum absolute atomic E-state index is 0.381. The largest absolute Gasteiger partial charge is 0.326 e.